The lowest BCUT2D eigenvalue weighted by molar-refractivity contribution is 0.0941. The number of hydrogen-bond donors (Lipinski definition) is 2. The molecule has 0 aliphatic carbocycles. The van der Waals surface area contributed by atoms with Crippen molar-refractivity contribution in [2.45, 2.75) is 13.1 Å². The summed E-state index contributed by atoms with van der Waals surface area (Å²) in [6.07, 6.45) is 0. The van der Waals surface area contributed by atoms with Crippen LogP contribution < -0.4 is 10.6 Å². The van der Waals surface area contributed by atoms with Gasteiger partial charge in [-0.05, 0) is 47.5 Å². The molecule has 142 valence electrons. The summed E-state index contributed by atoms with van der Waals surface area (Å²) in [6, 6.07) is 19.1. The van der Waals surface area contributed by atoms with Crippen molar-refractivity contribution in [2.24, 2.45) is 0 Å². The van der Waals surface area contributed by atoms with Gasteiger partial charge in [0, 0.05) is 23.1 Å². The Morgan fingerprint density at radius 3 is 1.46 bits per heavy atom. The molecule has 3 rings (SSSR count). The van der Waals surface area contributed by atoms with Gasteiger partial charge in [0.2, 0.25) is 0 Å². The molecule has 7 heteroatoms. The van der Waals surface area contributed by atoms with Crippen LogP contribution in [0.2, 0.25) is 10.0 Å². The molecule has 5 nitrogen and oxygen atoms in total. The average Bonchev–Trinajstić information content (AvgIpc) is 2.72. The van der Waals surface area contributed by atoms with Crippen LogP contribution in [0.1, 0.15) is 32.1 Å². The first-order chi connectivity index (χ1) is 13.5. The van der Waals surface area contributed by atoms with Crippen molar-refractivity contribution in [2.75, 3.05) is 0 Å². The first-order valence-corrected chi connectivity index (χ1v) is 9.29. The van der Waals surface area contributed by atoms with E-state index in [2.05, 4.69) is 15.6 Å². The van der Waals surface area contributed by atoms with Crippen LogP contribution in [0.3, 0.4) is 0 Å². The van der Waals surface area contributed by atoms with Crippen LogP contribution in [0.5, 0.6) is 0 Å². The number of pyridine rings is 1. The minimum Gasteiger partial charge on any atom is -0.347 e. The van der Waals surface area contributed by atoms with Gasteiger partial charge in [0.25, 0.3) is 11.8 Å². The highest BCUT2D eigenvalue weighted by atomic mass is 35.5. The fourth-order valence-electron chi connectivity index (χ4n) is 2.44. The maximum Gasteiger partial charge on any atom is 0.270 e. The molecule has 28 heavy (non-hydrogen) atoms. The Bertz CT molecular complexity index is 897. The molecule has 0 bridgehead atoms. The van der Waals surface area contributed by atoms with Crippen molar-refractivity contribution in [1.29, 1.82) is 0 Å². The molecule has 3 aromatic rings. The van der Waals surface area contributed by atoms with E-state index < -0.39 is 0 Å². The standard InChI is InChI=1S/C21H17Cl2N3O2/c22-16-8-4-14(5-9-16)12-24-20(27)18-2-1-3-19(26-18)21(28)25-13-15-6-10-17(23)11-7-15/h1-11H,12-13H2,(H,24,27)(H,25,28). The molecule has 0 fully saturated rings. The van der Waals surface area contributed by atoms with Gasteiger partial charge >= 0.3 is 0 Å². The molecule has 0 atom stereocenters. The molecular weight excluding hydrogens is 397 g/mol. The Kier molecular flexibility index (Phi) is 6.63. The predicted octanol–water partition coefficient (Wildman–Crippen LogP) is 4.25. The summed E-state index contributed by atoms with van der Waals surface area (Å²) in [7, 11) is 0. The van der Waals surface area contributed by atoms with E-state index in [1.54, 1.807) is 42.5 Å². The number of hydrogen-bond acceptors (Lipinski definition) is 3. The summed E-state index contributed by atoms with van der Waals surface area (Å²) in [5.74, 6) is -0.718. The van der Waals surface area contributed by atoms with Crippen LogP contribution in [-0.4, -0.2) is 16.8 Å². The minimum absolute atomic E-state index is 0.174. The van der Waals surface area contributed by atoms with Gasteiger partial charge in [0.05, 0.1) is 0 Å². The summed E-state index contributed by atoms with van der Waals surface area (Å²) < 4.78 is 0. The Labute approximate surface area is 172 Å². The minimum atomic E-state index is -0.359. The molecule has 0 radical (unpaired) electrons. The van der Waals surface area contributed by atoms with E-state index in [0.29, 0.717) is 23.1 Å². The first-order valence-electron chi connectivity index (χ1n) is 8.53. The zero-order chi connectivity index (χ0) is 19.9. The summed E-state index contributed by atoms with van der Waals surface area (Å²) in [4.78, 5) is 28.8. The molecule has 2 amide bonds. The van der Waals surface area contributed by atoms with Crippen LogP contribution >= 0.6 is 23.2 Å². The van der Waals surface area contributed by atoms with Gasteiger partial charge in [0.1, 0.15) is 11.4 Å². The molecule has 1 heterocycles. The number of nitrogens with zero attached hydrogens (tertiary/aromatic N) is 1. The fraction of sp³-hybridized carbons (Fsp3) is 0.0952. The van der Waals surface area contributed by atoms with Gasteiger partial charge in [-0.2, -0.15) is 0 Å². The van der Waals surface area contributed by atoms with Crippen molar-refractivity contribution in [1.82, 2.24) is 15.6 Å². The maximum absolute atomic E-state index is 12.3. The van der Waals surface area contributed by atoms with Crippen LogP contribution in [0.25, 0.3) is 0 Å². The molecule has 0 saturated carbocycles. The third-order valence-corrected chi connectivity index (χ3v) is 4.45. The van der Waals surface area contributed by atoms with Gasteiger partial charge in [0.15, 0.2) is 0 Å². The van der Waals surface area contributed by atoms with Crippen LogP contribution in [0.4, 0.5) is 0 Å². The lowest BCUT2D eigenvalue weighted by atomic mass is 10.2. The van der Waals surface area contributed by atoms with Crippen molar-refractivity contribution in [3.63, 3.8) is 0 Å². The summed E-state index contributed by atoms with van der Waals surface area (Å²) in [6.45, 7) is 0.676. The maximum atomic E-state index is 12.3. The highest BCUT2D eigenvalue weighted by molar-refractivity contribution is 6.30. The number of carbonyl (C=O) groups excluding carboxylic acids is 2. The first kappa shape index (κ1) is 19.9. The summed E-state index contributed by atoms with van der Waals surface area (Å²) >= 11 is 11.7. The largest absolute Gasteiger partial charge is 0.347 e. The molecule has 2 N–H and O–H groups in total. The van der Waals surface area contributed by atoms with Crippen molar-refractivity contribution < 1.29 is 9.59 Å². The van der Waals surface area contributed by atoms with E-state index in [0.717, 1.165) is 11.1 Å². The third kappa shape index (κ3) is 5.55. The molecule has 0 saturated heterocycles. The predicted molar refractivity (Wildman–Crippen MR) is 109 cm³/mol. The second kappa shape index (κ2) is 9.35. The van der Waals surface area contributed by atoms with E-state index in [9.17, 15) is 9.59 Å². The molecular formula is C21H17Cl2N3O2. The van der Waals surface area contributed by atoms with E-state index in [4.69, 9.17) is 23.2 Å². The zero-order valence-electron chi connectivity index (χ0n) is 14.8. The second-order valence-electron chi connectivity index (χ2n) is 6.03. The molecule has 1 aromatic heterocycles. The monoisotopic (exact) mass is 413 g/mol. The number of nitrogens with one attached hydrogen (secondary N) is 2. The number of amides is 2. The van der Waals surface area contributed by atoms with Gasteiger partial charge in [-0.3, -0.25) is 9.59 Å². The molecule has 2 aromatic carbocycles. The Balaban J connectivity index is 1.58. The summed E-state index contributed by atoms with van der Waals surface area (Å²) in [5.41, 5.74) is 2.17. The molecule has 0 spiro atoms. The highest BCUT2D eigenvalue weighted by Crippen LogP contribution is 2.10. The Hall–Kier alpha value is -2.89. The fourth-order valence-corrected chi connectivity index (χ4v) is 2.69. The number of benzene rings is 2. The Morgan fingerprint density at radius 1 is 0.679 bits per heavy atom. The number of rotatable bonds is 6. The van der Waals surface area contributed by atoms with E-state index in [1.807, 2.05) is 24.3 Å². The number of halogens is 2. The number of aromatic nitrogens is 1. The number of carbonyl (C=O) groups is 2. The van der Waals surface area contributed by atoms with Crippen molar-refractivity contribution >= 4 is 35.0 Å². The SMILES string of the molecule is O=C(NCc1ccc(Cl)cc1)c1cccc(C(=O)NCc2ccc(Cl)cc2)n1. The molecule has 0 aliphatic rings. The van der Waals surface area contributed by atoms with Gasteiger partial charge in [-0.25, -0.2) is 4.98 Å². The van der Waals surface area contributed by atoms with Crippen molar-refractivity contribution in [3.8, 4) is 0 Å². The quantitative estimate of drug-likeness (QED) is 0.634. The average molecular weight is 414 g/mol. The van der Waals surface area contributed by atoms with Gasteiger partial charge in [-0.15, -0.1) is 0 Å². The molecule has 0 aliphatic heterocycles. The lowest BCUT2D eigenvalue weighted by Gasteiger charge is -2.08. The second-order valence-corrected chi connectivity index (χ2v) is 6.90. The third-order valence-electron chi connectivity index (χ3n) is 3.95. The highest BCUT2D eigenvalue weighted by Gasteiger charge is 2.12. The van der Waals surface area contributed by atoms with Gasteiger partial charge < -0.3 is 10.6 Å². The van der Waals surface area contributed by atoms with Crippen LogP contribution in [0.15, 0.2) is 66.7 Å². The lowest BCUT2D eigenvalue weighted by Crippen LogP contribution is -2.27. The van der Waals surface area contributed by atoms with E-state index in [1.165, 1.54) is 0 Å². The van der Waals surface area contributed by atoms with Crippen LogP contribution in [-0.2, 0) is 13.1 Å². The Morgan fingerprint density at radius 2 is 1.07 bits per heavy atom. The smallest absolute Gasteiger partial charge is 0.270 e. The van der Waals surface area contributed by atoms with Crippen LogP contribution in [0, 0.1) is 0 Å². The van der Waals surface area contributed by atoms with E-state index in [-0.39, 0.29) is 23.2 Å². The normalized spacial score (nSPS) is 10.4. The molecule has 0 unspecified atom stereocenters. The van der Waals surface area contributed by atoms with E-state index >= 15 is 0 Å². The summed E-state index contributed by atoms with van der Waals surface area (Å²) in [5, 5.41) is 6.82. The topological polar surface area (TPSA) is 71.1 Å². The zero-order valence-corrected chi connectivity index (χ0v) is 16.3. The van der Waals surface area contributed by atoms with Crippen molar-refractivity contribution in [3.05, 3.63) is 99.3 Å². The van der Waals surface area contributed by atoms with Gasteiger partial charge in [-0.1, -0.05) is 53.5 Å².